The van der Waals surface area contributed by atoms with E-state index in [1.165, 1.54) is 11.8 Å². The molecule has 1 amide bonds. The molecule has 2 aromatic rings. The number of morpholine rings is 1. The van der Waals surface area contributed by atoms with Crippen LogP contribution in [0.1, 0.15) is 47.2 Å². The molecular weight excluding hydrogens is 364 g/mol. The Balaban J connectivity index is 1.56. The molecule has 7 heteroatoms. The molecule has 3 rings (SSSR count). The summed E-state index contributed by atoms with van der Waals surface area (Å²) in [5.41, 5.74) is 2.51. The van der Waals surface area contributed by atoms with Crippen molar-refractivity contribution in [3.05, 3.63) is 58.1 Å². The molecule has 1 aromatic heterocycles. The number of hydrogen-bond acceptors (Lipinski definition) is 5. The fraction of sp³-hybridized carbons (Fsp3) is 0.450. The topological polar surface area (TPSA) is 67.4 Å². The van der Waals surface area contributed by atoms with Gasteiger partial charge in [-0.25, -0.2) is 9.97 Å². The summed E-state index contributed by atoms with van der Waals surface area (Å²) in [6.07, 6.45) is 1.49. The van der Waals surface area contributed by atoms with Crippen LogP contribution in [0.5, 0.6) is 0 Å². The minimum absolute atomic E-state index is 0.132. The number of rotatable bonds is 6. The van der Waals surface area contributed by atoms with Crippen molar-refractivity contribution >= 4 is 17.5 Å². The smallest absolute Gasteiger partial charge is 0.271 e. The summed E-state index contributed by atoms with van der Waals surface area (Å²) in [5, 5.41) is 3.14. The van der Waals surface area contributed by atoms with Crippen LogP contribution in [0.2, 0.25) is 5.02 Å². The molecular formula is C20H25ClN4O2. The predicted octanol–water partition coefficient (Wildman–Crippen LogP) is 3.02. The number of nitrogens with zero attached hydrogens (tertiary/aromatic N) is 3. The van der Waals surface area contributed by atoms with E-state index in [1.54, 1.807) is 0 Å². The number of amides is 1. The zero-order chi connectivity index (χ0) is 19.2. The molecule has 0 aliphatic carbocycles. The highest BCUT2D eigenvalue weighted by atomic mass is 35.5. The molecule has 6 nitrogen and oxygen atoms in total. The fourth-order valence-electron chi connectivity index (χ4n) is 2.86. The van der Waals surface area contributed by atoms with Crippen molar-refractivity contribution in [2.24, 2.45) is 0 Å². The van der Waals surface area contributed by atoms with Gasteiger partial charge in [0.1, 0.15) is 11.5 Å². The molecule has 1 saturated heterocycles. The van der Waals surface area contributed by atoms with E-state index in [1.807, 2.05) is 26.0 Å². The number of benzene rings is 1. The van der Waals surface area contributed by atoms with Crippen molar-refractivity contribution in [1.82, 2.24) is 20.2 Å². The third-order valence-electron chi connectivity index (χ3n) is 4.48. The van der Waals surface area contributed by atoms with Crippen molar-refractivity contribution in [3.63, 3.8) is 0 Å². The van der Waals surface area contributed by atoms with Crippen molar-refractivity contribution in [3.8, 4) is 0 Å². The quantitative estimate of drug-likeness (QED) is 0.823. The van der Waals surface area contributed by atoms with E-state index >= 15 is 0 Å². The van der Waals surface area contributed by atoms with Crippen LogP contribution < -0.4 is 5.32 Å². The van der Waals surface area contributed by atoms with Crippen LogP contribution in [0, 0.1) is 0 Å². The van der Waals surface area contributed by atoms with E-state index in [0.717, 1.165) is 38.4 Å². The van der Waals surface area contributed by atoms with E-state index in [-0.39, 0.29) is 22.5 Å². The summed E-state index contributed by atoms with van der Waals surface area (Å²) < 4.78 is 5.38. The first-order valence-corrected chi connectivity index (χ1v) is 9.59. The van der Waals surface area contributed by atoms with Gasteiger partial charge in [-0.3, -0.25) is 9.69 Å². The number of nitrogens with one attached hydrogen (secondary N) is 1. The molecule has 0 bridgehead atoms. The average Bonchev–Trinajstić information content (AvgIpc) is 2.68. The van der Waals surface area contributed by atoms with Gasteiger partial charge in [0.25, 0.3) is 5.91 Å². The Hall–Kier alpha value is -2.02. The highest BCUT2D eigenvalue weighted by Crippen LogP contribution is 2.16. The maximum Gasteiger partial charge on any atom is 0.271 e. The maximum absolute atomic E-state index is 12.4. The molecule has 144 valence electrons. The summed E-state index contributed by atoms with van der Waals surface area (Å²) >= 11 is 6.09. The average molecular weight is 389 g/mol. The summed E-state index contributed by atoms with van der Waals surface area (Å²) in [5.74, 6) is 0.450. The Bertz CT molecular complexity index is 774. The van der Waals surface area contributed by atoms with Gasteiger partial charge >= 0.3 is 0 Å². The van der Waals surface area contributed by atoms with Crippen LogP contribution in [0.25, 0.3) is 0 Å². The molecule has 2 heterocycles. The Kier molecular flexibility index (Phi) is 6.77. The second-order valence-corrected chi connectivity index (χ2v) is 7.37. The highest BCUT2D eigenvalue weighted by molar-refractivity contribution is 6.33. The molecule has 1 N–H and O–H groups in total. The van der Waals surface area contributed by atoms with Gasteiger partial charge in [-0.2, -0.15) is 0 Å². The van der Waals surface area contributed by atoms with E-state index in [2.05, 4.69) is 32.3 Å². The summed E-state index contributed by atoms with van der Waals surface area (Å²) in [4.78, 5) is 23.3. The lowest BCUT2D eigenvalue weighted by Gasteiger charge is -2.26. The minimum atomic E-state index is -0.290. The zero-order valence-electron chi connectivity index (χ0n) is 15.7. The lowest BCUT2D eigenvalue weighted by Crippen LogP contribution is -2.35. The van der Waals surface area contributed by atoms with Crippen molar-refractivity contribution in [1.29, 1.82) is 0 Å². The van der Waals surface area contributed by atoms with Gasteiger partial charge in [-0.15, -0.1) is 0 Å². The Morgan fingerprint density at radius 2 is 1.89 bits per heavy atom. The molecule has 0 radical (unpaired) electrons. The summed E-state index contributed by atoms with van der Waals surface area (Å²) in [6.45, 7) is 8.83. The first-order chi connectivity index (χ1) is 13.0. The Labute approximate surface area is 164 Å². The molecule has 0 saturated carbocycles. The Morgan fingerprint density at radius 3 is 2.56 bits per heavy atom. The molecule has 1 fully saturated rings. The second kappa shape index (κ2) is 9.26. The number of aromatic nitrogens is 2. The van der Waals surface area contributed by atoms with Crippen LogP contribution in [0.15, 0.2) is 30.5 Å². The third-order valence-corrected chi connectivity index (χ3v) is 4.76. The van der Waals surface area contributed by atoms with Crippen molar-refractivity contribution < 1.29 is 9.53 Å². The van der Waals surface area contributed by atoms with Crippen LogP contribution >= 0.6 is 11.6 Å². The molecule has 0 spiro atoms. The number of ether oxygens (including phenoxy) is 1. The molecule has 1 aromatic carbocycles. The van der Waals surface area contributed by atoms with Gasteiger partial charge in [0.2, 0.25) is 0 Å². The van der Waals surface area contributed by atoms with E-state index in [4.69, 9.17) is 16.3 Å². The standard InChI is InChI=1S/C20H25ClN4O2/c1-14(2)19-22-12-17(21)18(24-19)20(26)23-11-15-3-5-16(6-4-15)13-25-7-9-27-10-8-25/h3-6,12,14H,7-11,13H2,1-2H3,(H,23,26). The lowest BCUT2D eigenvalue weighted by atomic mass is 10.1. The summed E-state index contributed by atoms with van der Waals surface area (Å²) in [7, 11) is 0. The predicted molar refractivity (Wildman–Crippen MR) is 105 cm³/mol. The number of carbonyl (C=O) groups excluding carboxylic acids is 1. The van der Waals surface area contributed by atoms with Crippen molar-refractivity contribution in [2.45, 2.75) is 32.9 Å². The van der Waals surface area contributed by atoms with Crippen LogP contribution in [-0.2, 0) is 17.8 Å². The van der Waals surface area contributed by atoms with Crippen LogP contribution in [0.3, 0.4) is 0 Å². The molecule has 1 aliphatic rings. The fourth-order valence-corrected chi connectivity index (χ4v) is 3.04. The van der Waals surface area contributed by atoms with Gasteiger partial charge in [-0.1, -0.05) is 49.7 Å². The molecule has 0 unspecified atom stereocenters. The van der Waals surface area contributed by atoms with Gasteiger partial charge in [0, 0.05) is 32.1 Å². The maximum atomic E-state index is 12.4. The first-order valence-electron chi connectivity index (χ1n) is 9.21. The van der Waals surface area contributed by atoms with Gasteiger partial charge in [0.15, 0.2) is 0 Å². The van der Waals surface area contributed by atoms with Crippen molar-refractivity contribution in [2.75, 3.05) is 26.3 Å². The van der Waals surface area contributed by atoms with Crippen LogP contribution in [-0.4, -0.2) is 47.1 Å². The molecule has 27 heavy (non-hydrogen) atoms. The zero-order valence-corrected chi connectivity index (χ0v) is 16.5. The van der Waals surface area contributed by atoms with Gasteiger partial charge in [-0.05, 0) is 11.1 Å². The van der Waals surface area contributed by atoms with E-state index in [0.29, 0.717) is 12.4 Å². The first kappa shape index (κ1) is 19.7. The number of hydrogen-bond donors (Lipinski definition) is 1. The van der Waals surface area contributed by atoms with Gasteiger partial charge in [0.05, 0.1) is 24.4 Å². The summed E-state index contributed by atoms with van der Waals surface area (Å²) in [6, 6.07) is 8.28. The number of halogens is 1. The normalized spacial score (nSPS) is 15.1. The van der Waals surface area contributed by atoms with E-state index < -0.39 is 0 Å². The monoisotopic (exact) mass is 388 g/mol. The number of carbonyl (C=O) groups is 1. The Morgan fingerprint density at radius 1 is 1.22 bits per heavy atom. The third kappa shape index (κ3) is 5.48. The largest absolute Gasteiger partial charge is 0.379 e. The SMILES string of the molecule is CC(C)c1ncc(Cl)c(C(=O)NCc2ccc(CN3CCOCC3)cc2)n1. The second-order valence-electron chi connectivity index (χ2n) is 6.97. The highest BCUT2D eigenvalue weighted by Gasteiger charge is 2.15. The minimum Gasteiger partial charge on any atom is -0.379 e. The van der Waals surface area contributed by atoms with Crippen LogP contribution in [0.4, 0.5) is 0 Å². The van der Waals surface area contributed by atoms with Gasteiger partial charge < -0.3 is 10.1 Å². The lowest BCUT2D eigenvalue weighted by molar-refractivity contribution is 0.0342. The van der Waals surface area contributed by atoms with E-state index in [9.17, 15) is 4.79 Å². The molecule has 0 atom stereocenters. The molecule has 1 aliphatic heterocycles.